The minimum absolute atomic E-state index is 0.416. The minimum atomic E-state index is 0.416. The second-order valence-corrected chi connectivity index (χ2v) is 4.02. The first kappa shape index (κ1) is 12.8. The molecule has 0 heterocycles. The number of oxime groups is 1. The topological polar surface area (TPSA) is 21.6 Å². The summed E-state index contributed by atoms with van der Waals surface area (Å²) in [6, 6.07) is 8.79. The first-order valence-corrected chi connectivity index (χ1v) is 5.99. The molecule has 0 saturated heterocycles. The van der Waals surface area contributed by atoms with Crippen molar-refractivity contribution in [2.75, 3.05) is 6.61 Å². The van der Waals surface area contributed by atoms with Gasteiger partial charge in [0.1, 0.15) is 6.61 Å². The Morgan fingerprint density at radius 3 is 2.38 bits per heavy atom. The molecule has 1 rings (SSSR count). The summed E-state index contributed by atoms with van der Waals surface area (Å²) in [5.41, 5.74) is 2.74. The largest absolute Gasteiger partial charge is 0.396 e. The van der Waals surface area contributed by atoms with Crippen LogP contribution >= 0.6 is 0 Å². The summed E-state index contributed by atoms with van der Waals surface area (Å²) in [4.78, 5) is 4.95. The summed E-state index contributed by atoms with van der Waals surface area (Å²) in [6.45, 7) is 6.89. The van der Waals surface area contributed by atoms with E-state index in [1.165, 1.54) is 11.1 Å². The molecule has 0 radical (unpaired) electrons. The molecule has 2 heteroatoms. The van der Waals surface area contributed by atoms with Crippen molar-refractivity contribution in [1.82, 2.24) is 0 Å². The molecule has 1 aromatic carbocycles. The second kappa shape index (κ2) is 7.04. The van der Waals surface area contributed by atoms with E-state index >= 15 is 0 Å². The van der Waals surface area contributed by atoms with Crippen LogP contribution in [0.25, 0.3) is 0 Å². The van der Waals surface area contributed by atoms with Crippen molar-refractivity contribution in [3.63, 3.8) is 0 Å². The van der Waals surface area contributed by atoms with Gasteiger partial charge in [0.25, 0.3) is 0 Å². The van der Waals surface area contributed by atoms with Gasteiger partial charge in [-0.25, -0.2) is 0 Å². The van der Waals surface area contributed by atoms with Crippen LogP contribution in [0.1, 0.15) is 31.9 Å². The van der Waals surface area contributed by atoms with E-state index in [1.807, 2.05) is 13.1 Å². The number of aryl methyl sites for hydroxylation is 1. The van der Waals surface area contributed by atoms with E-state index in [0.29, 0.717) is 12.5 Å². The predicted molar refractivity (Wildman–Crippen MR) is 68.8 cm³/mol. The molecule has 1 unspecified atom stereocenters. The van der Waals surface area contributed by atoms with Crippen molar-refractivity contribution >= 4 is 6.21 Å². The lowest BCUT2D eigenvalue weighted by molar-refractivity contribution is 0.159. The Labute approximate surface area is 98.3 Å². The summed E-state index contributed by atoms with van der Waals surface area (Å²) in [5, 5.41) is 3.89. The second-order valence-electron chi connectivity index (χ2n) is 4.02. The van der Waals surface area contributed by atoms with Gasteiger partial charge >= 0.3 is 0 Å². The highest BCUT2D eigenvalue weighted by molar-refractivity contribution is 5.60. The smallest absolute Gasteiger partial charge is 0.114 e. The van der Waals surface area contributed by atoms with Gasteiger partial charge in [-0.3, -0.25) is 0 Å². The Morgan fingerprint density at radius 1 is 1.19 bits per heavy atom. The van der Waals surface area contributed by atoms with Gasteiger partial charge in [-0.05, 0) is 36.8 Å². The highest BCUT2D eigenvalue weighted by Gasteiger charge is 2.00. The molecule has 0 saturated carbocycles. The average molecular weight is 219 g/mol. The SMILES string of the molecule is CCON=CC(C)Cc1ccc(CC)cc1. The summed E-state index contributed by atoms with van der Waals surface area (Å²) < 4.78 is 0. The maximum atomic E-state index is 4.95. The fourth-order valence-electron chi connectivity index (χ4n) is 1.56. The molecule has 0 aliphatic carbocycles. The molecule has 0 amide bonds. The molecule has 0 bridgehead atoms. The van der Waals surface area contributed by atoms with E-state index in [2.05, 4.69) is 43.3 Å². The zero-order chi connectivity index (χ0) is 11.8. The molecule has 1 atom stereocenters. The Hall–Kier alpha value is -1.31. The molecule has 1 aromatic rings. The highest BCUT2D eigenvalue weighted by atomic mass is 16.6. The zero-order valence-electron chi connectivity index (χ0n) is 10.4. The van der Waals surface area contributed by atoms with Gasteiger partial charge in [0.05, 0.1) is 0 Å². The summed E-state index contributed by atoms with van der Waals surface area (Å²) in [7, 11) is 0. The van der Waals surface area contributed by atoms with Gasteiger partial charge in [-0.15, -0.1) is 0 Å². The van der Waals surface area contributed by atoms with Crippen LogP contribution in [0.2, 0.25) is 0 Å². The van der Waals surface area contributed by atoms with E-state index < -0.39 is 0 Å². The third-order valence-electron chi connectivity index (χ3n) is 2.51. The number of hydrogen-bond donors (Lipinski definition) is 0. The van der Waals surface area contributed by atoms with Crippen LogP contribution in [-0.4, -0.2) is 12.8 Å². The molecule has 0 aliphatic heterocycles. The molecule has 2 nitrogen and oxygen atoms in total. The highest BCUT2D eigenvalue weighted by Crippen LogP contribution is 2.09. The number of rotatable bonds is 6. The van der Waals surface area contributed by atoms with Crippen LogP contribution in [-0.2, 0) is 17.7 Å². The van der Waals surface area contributed by atoms with Gasteiger partial charge in [-0.2, -0.15) is 0 Å². The summed E-state index contributed by atoms with van der Waals surface area (Å²) in [6.07, 6.45) is 3.99. The van der Waals surface area contributed by atoms with Crippen molar-refractivity contribution < 1.29 is 4.84 Å². The molecule has 0 N–H and O–H groups in total. The van der Waals surface area contributed by atoms with E-state index in [1.54, 1.807) is 0 Å². The van der Waals surface area contributed by atoms with E-state index in [-0.39, 0.29) is 0 Å². The molecule has 88 valence electrons. The summed E-state index contributed by atoms with van der Waals surface area (Å²) in [5.74, 6) is 0.416. The Balaban J connectivity index is 2.46. The Kier molecular flexibility index (Phi) is 5.62. The van der Waals surface area contributed by atoms with Gasteiger partial charge in [0.15, 0.2) is 0 Å². The molecule has 0 aromatic heterocycles. The van der Waals surface area contributed by atoms with Crippen LogP contribution in [0.4, 0.5) is 0 Å². The maximum absolute atomic E-state index is 4.95. The van der Waals surface area contributed by atoms with E-state index in [9.17, 15) is 0 Å². The molecular weight excluding hydrogens is 198 g/mol. The lowest BCUT2D eigenvalue weighted by atomic mass is 10.0. The van der Waals surface area contributed by atoms with Gasteiger partial charge in [-0.1, -0.05) is 43.3 Å². The molecular formula is C14H21NO. The van der Waals surface area contributed by atoms with Crippen LogP contribution in [0.3, 0.4) is 0 Å². The fourth-order valence-corrected chi connectivity index (χ4v) is 1.56. The van der Waals surface area contributed by atoms with E-state index in [0.717, 1.165) is 12.8 Å². The molecule has 0 fully saturated rings. The molecule has 16 heavy (non-hydrogen) atoms. The fraction of sp³-hybridized carbons (Fsp3) is 0.500. The van der Waals surface area contributed by atoms with Crippen molar-refractivity contribution in [2.24, 2.45) is 11.1 Å². The standard InChI is InChI=1S/C14H21NO/c1-4-13-6-8-14(9-7-13)10-12(3)11-15-16-5-2/h6-9,11-12H,4-5,10H2,1-3H3. The van der Waals surface area contributed by atoms with Crippen LogP contribution in [0.15, 0.2) is 29.4 Å². The quantitative estimate of drug-likeness (QED) is 0.530. The van der Waals surface area contributed by atoms with Crippen LogP contribution in [0, 0.1) is 5.92 Å². The van der Waals surface area contributed by atoms with Crippen molar-refractivity contribution in [3.8, 4) is 0 Å². The first-order chi connectivity index (χ1) is 7.76. The first-order valence-electron chi connectivity index (χ1n) is 5.99. The monoisotopic (exact) mass is 219 g/mol. The number of hydrogen-bond acceptors (Lipinski definition) is 2. The van der Waals surface area contributed by atoms with Crippen molar-refractivity contribution in [2.45, 2.75) is 33.6 Å². The lowest BCUT2D eigenvalue weighted by Gasteiger charge is -2.06. The number of benzene rings is 1. The third-order valence-corrected chi connectivity index (χ3v) is 2.51. The lowest BCUT2D eigenvalue weighted by Crippen LogP contribution is -2.01. The van der Waals surface area contributed by atoms with Gasteiger partial charge in [0.2, 0.25) is 0 Å². The van der Waals surface area contributed by atoms with Gasteiger partial charge in [0, 0.05) is 6.21 Å². The third kappa shape index (κ3) is 4.47. The number of nitrogens with zero attached hydrogens (tertiary/aromatic N) is 1. The predicted octanol–water partition coefficient (Wildman–Crippen LogP) is 3.45. The van der Waals surface area contributed by atoms with Crippen molar-refractivity contribution in [1.29, 1.82) is 0 Å². The van der Waals surface area contributed by atoms with Crippen LogP contribution < -0.4 is 0 Å². The minimum Gasteiger partial charge on any atom is -0.396 e. The van der Waals surface area contributed by atoms with E-state index in [4.69, 9.17) is 4.84 Å². The average Bonchev–Trinajstić information content (AvgIpc) is 2.30. The van der Waals surface area contributed by atoms with Crippen molar-refractivity contribution in [3.05, 3.63) is 35.4 Å². The molecule has 0 aliphatic rings. The summed E-state index contributed by atoms with van der Waals surface area (Å²) >= 11 is 0. The Bertz CT molecular complexity index is 316. The normalized spacial score (nSPS) is 12.9. The Morgan fingerprint density at radius 2 is 1.81 bits per heavy atom. The van der Waals surface area contributed by atoms with Crippen LogP contribution in [0.5, 0.6) is 0 Å². The zero-order valence-corrected chi connectivity index (χ0v) is 10.4. The van der Waals surface area contributed by atoms with Gasteiger partial charge < -0.3 is 4.84 Å². The molecule has 0 spiro atoms. The maximum Gasteiger partial charge on any atom is 0.114 e.